The van der Waals surface area contributed by atoms with Gasteiger partial charge >= 0.3 is 0 Å². The molecule has 0 unspecified atom stereocenters. The molecule has 2 amide bonds. The van der Waals surface area contributed by atoms with Gasteiger partial charge in [-0.15, -0.1) is 21.5 Å². The van der Waals surface area contributed by atoms with Gasteiger partial charge in [0.25, 0.3) is 0 Å². The minimum atomic E-state index is -0.104. The molecule has 0 spiro atoms. The number of hydrogen-bond donors (Lipinski definition) is 1. The summed E-state index contributed by atoms with van der Waals surface area (Å²) in [5, 5.41) is 13.3. The third kappa shape index (κ3) is 5.05. The highest BCUT2D eigenvalue weighted by Crippen LogP contribution is 2.28. The van der Waals surface area contributed by atoms with Gasteiger partial charge in [-0.25, -0.2) is 0 Å². The minimum Gasteiger partial charge on any atom is -0.337 e. The molecule has 0 aromatic carbocycles. The van der Waals surface area contributed by atoms with Crippen LogP contribution in [0.25, 0.3) is 0 Å². The second kappa shape index (κ2) is 8.96. The summed E-state index contributed by atoms with van der Waals surface area (Å²) in [6.07, 6.45) is 3.66. The minimum absolute atomic E-state index is 0.104. The molecule has 1 aliphatic heterocycles. The summed E-state index contributed by atoms with van der Waals surface area (Å²) < 4.78 is 0.696. The summed E-state index contributed by atoms with van der Waals surface area (Å²) >= 11 is 4.24. The standard InChI is InChI=1S/C17H22N4O2S3/c1-11-5-3-6-12(2)21(11)15(23)10-25-17-20-19-16(26-17)18-14(22)9-13-7-4-8-24-13/h4,7-8,11-12H,3,5-6,9-10H2,1-2H3,(H,18,19,22)/t11-,12-/m0/s1. The van der Waals surface area contributed by atoms with Crippen LogP contribution < -0.4 is 5.32 Å². The van der Waals surface area contributed by atoms with E-state index in [0.717, 1.165) is 17.7 Å². The fraction of sp³-hybridized carbons (Fsp3) is 0.529. The first-order valence-electron chi connectivity index (χ1n) is 8.62. The lowest BCUT2D eigenvalue weighted by molar-refractivity contribution is -0.134. The Morgan fingerprint density at radius 1 is 1.31 bits per heavy atom. The molecular formula is C17H22N4O2S3. The van der Waals surface area contributed by atoms with Gasteiger partial charge in [-0.3, -0.25) is 9.59 Å². The van der Waals surface area contributed by atoms with E-state index in [0.29, 0.717) is 33.7 Å². The summed E-state index contributed by atoms with van der Waals surface area (Å²) in [4.78, 5) is 27.6. The number of nitrogens with zero attached hydrogens (tertiary/aromatic N) is 3. The SMILES string of the molecule is C[C@H]1CCC[C@H](C)N1C(=O)CSc1nnc(NC(=O)Cc2cccs2)s1. The van der Waals surface area contributed by atoms with Crippen molar-refractivity contribution in [3.63, 3.8) is 0 Å². The van der Waals surface area contributed by atoms with Crippen molar-refractivity contribution < 1.29 is 9.59 Å². The first-order valence-corrected chi connectivity index (χ1v) is 11.3. The van der Waals surface area contributed by atoms with Crippen LogP contribution in [0.1, 0.15) is 38.0 Å². The van der Waals surface area contributed by atoms with Crippen molar-refractivity contribution in [2.45, 2.75) is 56.0 Å². The van der Waals surface area contributed by atoms with Crippen molar-refractivity contribution in [2.24, 2.45) is 0 Å². The quantitative estimate of drug-likeness (QED) is 0.581. The molecular weight excluding hydrogens is 388 g/mol. The maximum absolute atomic E-state index is 12.5. The zero-order valence-electron chi connectivity index (χ0n) is 14.8. The van der Waals surface area contributed by atoms with E-state index in [-0.39, 0.29) is 11.8 Å². The van der Waals surface area contributed by atoms with Crippen LogP contribution in [-0.4, -0.2) is 44.7 Å². The molecule has 0 radical (unpaired) electrons. The molecule has 0 bridgehead atoms. The topological polar surface area (TPSA) is 75.2 Å². The van der Waals surface area contributed by atoms with Crippen LogP contribution in [0.5, 0.6) is 0 Å². The van der Waals surface area contributed by atoms with E-state index < -0.39 is 0 Å². The summed E-state index contributed by atoms with van der Waals surface area (Å²) in [5.41, 5.74) is 0. The van der Waals surface area contributed by atoms with Crippen LogP contribution in [0, 0.1) is 0 Å². The number of rotatable bonds is 6. The zero-order valence-corrected chi connectivity index (χ0v) is 17.3. The lowest BCUT2D eigenvalue weighted by atomic mass is 9.98. The number of amides is 2. The Balaban J connectivity index is 1.49. The number of nitrogens with one attached hydrogen (secondary N) is 1. The Hall–Kier alpha value is -1.45. The number of carbonyl (C=O) groups excluding carboxylic acids is 2. The van der Waals surface area contributed by atoms with Crippen molar-refractivity contribution in [2.75, 3.05) is 11.1 Å². The monoisotopic (exact) mass is 410 g/mol. The van der Waals surface area contributed by atoms with E-state index in [1.165, 1.54) is 29.5 Å². The van der Waals surface area contributed by atoms with Crippen LogP contribution in [0.4, 0.5) is 5.13 Å². The highest BCUT2D eigenvalue weighted by Gasteiger charge is 2.28. The highest BCUT2D eigenvalue weighted by atomic mass is 32.2. The molecule has 140 valence electrons. The van der Waals surface area contributed by atoms with E-state index in [4.69, 9.17) is 0 Å². The van der Waals surface area contributed by atoms with Gasteiger partial charge in [0.15, 0.2) is 4.34 Å². The second-order valence-electron chi connectivity index (χ2n) is 6.40. The van der Waals surface area contributed by atoms with Gasteiger partial charge in [-0.2, -0.15) is 0 Å². The summed E-state index contributed by atoms with van der Waals surface area (Å²) in [5.74, 6) is 0.396. The van der Waals surface area contributed by atoms with E-state index >= 15 is 0 Å². The lowest BCUT2D eigenvalue weighted by Crippen LogP contribution is -2.48. The number of thiophene rings is 1. The number of piperidine rings is 1. The molecule has 1 aliphatic rings. The van der Waals surface area contributed by atoms with Gasteiger partial charge in [-0.05, 0) is 44.6 Å². The molecule has 6 nitrogen and oxygen atoms in total. The van der Waals surface area contributed by atoms with Crippen molar-refractivity contribution in [3.05, 3.63) is 22.4 Å². The molecule has 3 rings (SSSR count). The van der Waals surface area contributed by atoms with Crippen LogP contribution in [0.3, 0.4) is 0 Å². The fourth-order valence-corrected chi connectivity index (χ4v) is 5.51. The smallest absolute Gasteiger partial charge is 0.233 e. The molecule has 26 heavy (non-hydrogen) atoms. The largest absolute Gasteiger partial charge is 0.337 e. The lowest BCUT2D eigenvalue weighted by Gasteiger charge is -2.39. The van der Waals surface area contributed by atoms with Gasteiger partial charge in [0.1, 0.15) is 0 Å². The van der Waals surface area contributed by atoms with Crippen LogP contribution in [0.2, 0.25) is 0 Å². The van der Waals surface area contributed by atoms with Crippen LogP contribution >= 0.6 is 34.4 Å². The van der Waals surface area contributed by atoms with E-state index in [1.807, 2.05) is 22.4 Å². The van der Waals surface area contributed by atoms with E-state index in [1.54, 1.807) is 11.3 Å². The van der Waals surface area contributed by atoms with E-state index in [9.17, 15) is 9.59 Å². The highest BCUT2D eigenvalue weighted by molar-refractivity contribution is 8.01. The Morgan fingerprint density at radius 2 is 2.08 bits per heavy atom. The van der Waals surface area contributed by atoms with Gasteiger partial charge in [0.05, 0.1) is 12.2 Å². The van der Waals surface area contributed by atoms with Gasteiger partial charge in [0.2, 0.25) is 16.9 Å². The van der Waals surface area contributed by atoms with Crippen molar-refractivity contribution in [1.82, 2.24) is 15.1 Å². The maximum Gasteiger partial charge on any atom is 0.233 e. The number of hydrogen-bond acceptors (Lipinski definition) is 7. The summed E-state index contributed by atoms with van der Waals surface area (Å²) in [7, 11) is 0. The molecule has 0 saturated carbocycles. The average Bonchev–Trinajstić information content (AvgIpc) is 3.24. The number of aromatic nitrogens is 2. The Morgan fingerprint density at radius 3 is 2.77 bits per heavy atom. The predicted molar refractivity (Wildman–Crippen MR) is 107 cm³/mol. The number of anilines is 1. The Kier molecular flexibility index (Phi) is 6.66. The van der Waals surface area contributed by atoms with Crippen LogP contribution in [0.15, 0.2) is 21.9 Å². The molecule has 1 fully saturated rings. The molecule has 0 aliphatic carbocycles. The van der Waals surface area contributed by atoms with Crippen molar-refractivity contribution >= 4 is 51.4 Å². The van der Waals surface area contributed by atoms with Crippen LogP contribution in [-0.2, 0) is 16.0 Å². The second-order valence-corrected chi connectivity index (χ2v) is 9.63. The molecule has 2 atom stereocenters. The van der Waals surface area contributed by atoms with E-state index in [2.05, 4.69) is 29.4 Å². The van der Waals surface area contributed by atoms with Gasteiger partial charge in [-0.1, -0.05) is 29.2 Å². The van der Waals surface area contributed by atoms with Crippen molar-refractivity contribution in [1.29, 1.82) is 0 Å². The fourth-order valence-electron chi connectivity index (χ4n) is 3.16. The first kappa shape index (κ1) is 19.3. The molecule has 2 aromatic heterocycles. The van der Waals surface area contributed by atoms with Crippen molar-refractivity contribution in [3.8, 4) is 0 Å². The van der Waals surface area contributed by atoms with Gasteiger partial charge < -0.3 is 10.2 Å². The number of thioether (sulfide) groups is 1. The third-order valence-corrected chi connectivity index (χ3v) is 7.20. The normalized spacial score (nSPS) is 20.2. The molecule has 2 aromatic rings. The molecule has 1 saturated heterocycles. The Labute approximate surface area is 165 Å². The zero-order chi connectivity index (χ0) is 18.5. The Bertz CT molecular complexity index is 737. The number of likely N-dealkylation sites (tertiary alicyclic amines) is 1. The summed E-state index contributed by atoms with van der Waals surface area (Å²) in [6, 6.07) is 4.45. The maximum atomic E-state index is 12.5. The first-order chi connectivity index (χ1) is 12.5. The predicted octanol–water partition coefficient (Wildman–Crippen LogP) is 3.66. The third-order valence-electron chi connectivity index (χ3n) is 4.37. The molecule has 9 heteroatoms. The molecule has 3 heterocycles. The summed E-state index contributed by atoms with van der Waals surface area (Å²) in [6.45, 7) is 4.23. The molecule has 1 N–H and O–H groups in total. The van der Waals surface area contributed by atoms with Gasteiger partial charge in [0, 0.05) is 17.0 Å². The number of carbonyl (C=O) groups is 2. The average molecular weight is 411 g/mol.